The lowest BCUT2D eigenvalue weighted by atomic mass is 9.69. The first-order chi connectivity index (χ1) is 9.17. The average molecular weight is 282 g/mol. The Balaban J connectivity index is 1.91. The van der Waals surface area contributed by atoms with Crippen molar-refractivity contribution in [3.63, 3.8) is 0 Å². The fourth-order valence-electron chi connectivity index (χ4n) is 2.38. The van der Waals surface area contributed by atoms with Crippen molar-refractivity contribution < 1.29 is 9.53 Å². The Labute approximate surface area is 119 Å². The van der Waals surface area contributed by atoms with Crippen LogP contribution in [0.25, 0.3) is 0 Å². The van der Waals surface area contributed by atoms with E-state index in [1.165, 1.54) is 6.42 Å². The molecule has 0 unspecified atom stereocenters. The van der Waals surface area contributed by atoms with Crippen LogP contribution in [0.2, 0.25) is 5.02 Å². The van der Waals surface area contributed by atoms with Gasteiger partial charge in [0.05, 0.1) is 17.2 Å². The lowest BCUT2D eigenvalue weighted by Crippen LogP contribution is -2.45. The van der Waals surface area contributed by atoms with Crippen molar-refractivity contribution in [2.24, 2.45) is 5.41 Å². The second-order valence-electron chi connectivity index (χ2n) is 5.15. The Morgan fingerprint density at radius 1 is 1.42 bits per heavy atom. The lowest BCUT2D eigenvalue weighted by molar-refractivity contribution is -0.000181. The first-order valence-corrected chi connectivity index (χ1v) is 7.15. The van der Waals surface area contributed by atoms with E-state index in [4.69, 9.17) is 16.3 Å². The van der Waals surface area contributed by atoms with Gasteiger partial charge in [-0.25, -0.2) is 0 Å². The van der Waals surface area contributed by atoms with Gasteiger partial charge in [-0.15, -0.1) is 0 Å². The van der Waals surface area contributed by atoms with Crippen LogP contribution in [-0.4, -0.2) is 25.7 Å². The van der Waals surface area contributed by atoms with Crippen molar-refractivity contribution >= 4 is 17.5 Å². The van der Waals surface area contributed by atoms with E-state index < -0.39 is 0 Å². The topological polar surface area (TPSA) is 38.3 Å². The molecule has 1 fully saturated rings. The van der Waals surface area contributed by atoms with Crippen LogP contribution in [0.15, 0.2) is 24.3 Å². The number of nitrogens with one attached hydrogen (secondary N) is 1. The molecule has 0 aliphatic heterocycles. The number of carbonyl (C=O) groups is 1. The van der Waals surface area contributed by atoms with Crippen LogP contribution in [0, 0.1) is 5.41 Å². The molecule has 0 radical (unpaired) electrons. The van der Waals surface area contributed by atoms with Gasteiger partial charge in [0.15, 0.2) is 0 Å². The molecular formula is C15H20ClNO2. The highest BCUT2D eigenvalue weighted by Gasteiger charge is 2.37. The average Bonchev–Trinajstić information content (AvgIpc) is 2.37. The summed E-state index contributed by atoms with van der Waals surface area (Å²) >= 11 is 6.02. The molecule has 0 aromatic heterocycles. The summed E-state index contributed by atoms with van der Waals surface area (Å²) in [6.07, 6.45) is 3.46. The molecule has 1 aromatic rings. The molecule has 1 N–H and O–H groups in total. The molecule has 104 valence electrons. The number of rotatable bonds is 6. The van der Waals surface area contributed by atoms with E-state index in [0.717, 1.165) is 26.1 Å². The number of hydrogen-bond acceptors (Lipinski definition) is 2. The number of benzene rings is 1. The second kappa shape index (κ2) is 6.40. The molecule has 19 heavy (non-hydrogen) atoms. The van der Waals surface area contributed by atoms with Crippen molar-refractivity contribution in [2.75, 3.05) is 19.8 Å². The van der Waals surface area contributed by atoms with Crippen LogP contribution in [0.4, 0.5) is 0 Å². The Kier molecular flexibility index (Phi) is 4.83. The highest BCUT2D eigenvalue weighted by molar-refractivity contribution is 6.33. The number of halogens is 1. The first-order valence-electron chi connectivity index (χ1n) is 6.77. The number of amides is 1. The monoisotopic (exact) mass is 281 g/mol. The summed E-state index contributed by atoms with van der Waals surface area (Å²) in [6, 6.07) is 7.12. The van der Waals surface area contributed by atoms with Gasteiger partial charge in [0.1, 0.15) is 0 Å². The quantitative estimate of drug-likeness (QED) is 0.869. The van der Waals surface area contributed by atoms with Crippen molar-refractivity contribution in [3.8, 4) is 0 Å². The molecule has 0 atom stereocenters. The van der Waals surface area contributed by atoms with Crippen molar-refractivity contribution in [2.45, 2.75) is 26.2 Å². The smallest absolute Gasteiger partial charge is 0.252 e. The maximum atomic E-state index is 12.1. The fraction of sp³-hybridized carbons (Fsp3) is 0.533. The van der Waals surface area contributed by atoms with Gasteiger partial charge in [-0.1, -0.05) is 30.2 Å². The van der Waals surface area contributed by atoms with Crippen molar-refractivity contribution in [1.82, 2.24) is 5.32 Å². The molecule has 0 heterocycles. The van der Waals surface area contributed by atoms with Crippen molar-refractivity contribution in [1.29, 1.82) is 0 Å². The molecule has 1 saturated carbocycles. The standard InChI is InChI=1S/C15H20ClNO2/c1-2-19-11-15(8-5-9-15)10-17-14(18)12-6-3-4-7-13(12)16/h3-4,6-7H,2,5,8-11H2,1H3,(H,17,18). The summed E-state index contributed by atoms with van der Waals surface area (Å²) in [6.45, 7) is 4.11. The van der Waals surface area contributed by atoms with Crippen LogP contribution in [0.1, 0.15) is 36.5 Å². The van der Waals surface area contributed by atoms with Gasteiger partial charge < -0.3 is 10.1 Å². The normalized spacial score (nSPS) is 16.7. The predicted octanol–water partition coefficient (Wildman–Crippen LogP) is 3.28. The zero-order valence-electron chi connectivity index (χ0n) is 11.2. The van der Waals surface area contributed by atoms with Crippen molar-refractivity contribution in [3.05, 3.63) is 34.9 Å². The third-order valence-corrected chi connectivity index (χ3v) is 4.10. The van der Waals surface area contributed by atoms with Crippen LogP contribution < -0.4 is 5.32 Å². The Morgan fingerprint density at radius 3 is 2.74 bits per heavy atom. The zero-order chi connectivity index (χ0) is 13.7. The SMILES string of the molecule is CCOCC1(CNC(=O)c2ccccc2Cl)CCC1. The molecule has 1 aliphatic carbocycles. The summed E-state index contributed by atoms with van der Waals surface area (Å²) in [5.41, 5.74) is 0.669. The van der Waals surface area contributed by atoms with E-state index in [1.807, 2.05) is 19.1 Å². The number of carbonyl (C=O) groups excluding carboxylic acids is 1. The summed E-state index contributed by atoms with van der Waals surface area (Å²) in [5.74, 6) is -0.103. The molecule has 0 saturated heterocycles. The lowest BCUT2D eigenvalue weighted by Gasteiger charge is -2.41. The van der Waals surface area contributed by atoms with E-state index in [0.29, 0.717) is 17.1 Å². The third-order valence-electron chi connectivity index (χ3n) is 3.77. The molecule has 3 nitrogen and oxygen atoms in total. The largest absolute Gasteiger partial charge is 0.381 e. The Morgan fingerprint density at radius 2 is 2.16 bits per heavy atom. The molecule has 0 bridgehead atoms. The van der Waals surface area contributed by atoms with E-state index >= 15 is 0 Å². The number of ether oxygens (including phenoxy) is 1. The van der Waals surface area contributed by atoms with E-state index in [2.05, 4.69) is 5.32 Å². The fourth-order valence-corrected chi connectivity index (χ4v) is 2.60. The first kappa shape index (κ1) is 14.4. The highest BCUT2D eigenvalue weighted by Crippen LogP contribution is 2.40. The zero-order valence-corrected chi connectivity index (χ0v) is 12.0. The minimum absolute atomic E-state index is 0.103. The highest BCUT2D eigenvalue weighted by atomic mass is 35.5. The van der Waals surface area contributed by atoms with Gasteiger partial charge in [-0.05, 0) is 31.9 Å². The van der Waals surface area contributed by atoms with Gasteiger partial charge in [-0.2, -0.15) is 0 Å². The van der Waals surface area contributed by atoms with Gasteiger partial charge in [0, 0.05) is 18.6 Å². The third kappa shape index (κ3) is 3.48. The molecule has 4 heteroatoms. The van der Waals surface area contributed by atoms with E-state index in [-0.39, 0.29) is 11.3 Å². The van der Waals surface area contributed by atoms with Crippen LogP contribution in [0.5, 0.6) is 0 Å². The molecule has 1 amide bonds. The summed E-state index contributed by atoms with van der Waals surface area (Å²) in [7, 11) is 0. The molecule has 2 rings (SSSR count). The molecular weight excluding hydrogens is 262 g/mol. The van der Waals surface area contributed by atoms with E-state index in [9.17, 15) is 4.79 Å². The Bertz CT molecular complexity index is 444. The van der Waals surface area contributed by atoms with Gasteiger partial charge in [0.2, 0.25) is 0 Å². The second-order valence-corrected chi connectivity index (χ2v) is 5.56. The minimum atomic E-state index is -0.103. The van der Waals surface area contributed by atoms with Crippen LogP contribution >= 0.6 is 11.6 Å². The molecule has 0 spiro atoms. The van der Waals surface area contributed by atoms with E-state index in [1.54, 1.807) is 12.1 Å². The predicted molar refractivity (Wildman–Crippen MR) is 76.6 cm³/mol. The maximum absolute atomic E-state index is 12.1. The van der Waals surface area contributed by atoms with Crippen LogP contribution in [-0.2, 0) is 4.74 Å². The summed E-state index contributed by atoms with van der Waals surface area (Å²) in [4.78, 5) is 12.1. The minimum Gasteiger partial charge on any atom is -0.381 e. The summed E-state index contributed by atoms with van der Waals surface area (Å²) < 4.78 is 5.53. The summed E-state index contributed by atoms with van der Waals surface area (Å²) in [5, 5.41) is 3.48. The van der Waals surface area contributed by atoms with Gasteiger partial charge >= 0.3 is 0 Å². The maximum Gasteiger partial charge on any atom is 0.252 e. The Hall–Kier alpha value is -1.06. The number of hydrogen-bond donors (Lipinski definition) is 1. The molecule has 1 aliphatic rings. The van der Waals surface area contributed by atoms with Crippen LogP contribution in [0.3, 0.4) is 0 Å². The molecule has 1 aromatic carbocycles. The van der Waals surface area contributed by atoms with Gasteiger partial charge in [0.25, 0.3) is 5.91 Å². The van der Waals surface area contributed by atoms with Gasteiger partial charge in [-0.3, -0.25) is 4.79 Å².